The van der Waals surface area contributed by atoms with E-state index in [-0.39, 0.29) is 5.78 Å². The summed E-state index contributed by atoms with van der Waals surface area (Å²) in [6.07, 6.45) is 2.38. The van der Waals surface area contributed by atoms with Crippen molar-refractivity contribution in [3.8, 4) is 0 Å². The van der Waals surface area contributed by atoms with Crippen molar-refractivity contribution in [2.45, 2.75) is 20.3 Å². The zero-order valence-corrected chi connectivity index (χ0v) is 10.6. The van der Waals surface area contributed by atoms with E-state index in [0.717, 1.165) is 11.1 Å². The molecule has 94 valence electrons. The van der Waals surface area contributed by atoms with Gasteiger partial charge in [0.25, 0.3) is 0 Å². The summed E-state index contributed by atoms with van der Waals surface area (Å²) in [6.45, 7) is 3.49. The predicted molar refractivity (Wildman–Crippen MR) is 68.8 cm³/mol. The molecule has 1 aromatic rings. The van der Waals surface area contributed by atoms with Gasteiger partial charge in [0.1, 0.15) is 0 Å². The van der Waals surface area contributed by atoms with Crippen LogP contribution < -0.4 is 0 Å². The van der Waals surface area contributed by atoms with Gasteiger partial charge in [0, 0.05) is 0 Å². The second-order valence-electron chi connectivity index (χ2n) is 4.44. The molecule has 0 N–H and O–H groups in total. The molecule has 0 aromatic heterocycles. The molecular weight excluding hydrogens is 228 g/mol. The number of esters is 1. The molecule has 1 aliphatic rings. The van der Waals surface area contributed by atoms with Gasteiger partial charge in [-0.3, -0.25) is 9.59 Å². The maximum Gasteiger partial charge on any atom is 0.324 e. The molecule has 3 nitrogen and oxygen atoms in total. The van der Waals surface area contributed by atoms with Crippen molar-refractivity contribution in [3.63, 3.8) is 0 Å². The van der Waals surface area contributed by atoms with Gasteiger partial charge in [-0.15, -0.1) is 0 Å². The summed E-state index contributed by atoms with van der Waals surface area (Å²) in [5.74, 6) is -0.553. The summed E-state index contributed by atoms with van der Waals surface area (Å²) >= 11 is 0. The van der Waals surface area contributed by atoms with Crippen LogP contribution in [-0.4, -0.2) is 18.4 Å². The number of Topliss-reactive ketones (excluding diaryl/α,β-unsaturated/α-hetero) is 1. The lowest BCUT2D eigenvalue weighted by molar-refractivity contribution is -0.152. The molecule has 1 fully saturated rings. The monoisotopic (exact) mass is 244 g/mol. The summed E-state index contributed by atoms with van der Waals surface area (Å²) < 4.78 is 5.00. The van der Waals surface area contributed by atoms with Crippen LogP contribution >= 0.6 is 0 Å². The number of benzene rings is 1. The zero-order chi connectivity index (χ0) is 13.2. The maximum absolute atomic E-state index is 11.9. The average Bonchev–Trinajstić information content (AvgIpc) is 3.06. The molecule has 0 radical (unpaired) electrons. The van der Waals surface area contributed by atoms with Crippen LogP contribution in [0.2, 0.25) is 0 Å². The third-order valence-corrected chi connectivity index (χ3v) is 3.24. The quantitative estimate of drug-likeness (QED) is 0.604. The highest BCUT2D eigenvalue weighted by molar-refractivity contribution is 6.12. The average molecular weight is 244 g/mol. The van der Waals surface area contributed by atoms with E-state index in [9.17, 15) is 9.59 Å². The van der Waals surface area contributed by atoms with E-state index in [1.165, 1.54) is 6.92 Å². The number of carbonyl (C=O) groups is 2. The SMILES string of the molecule is CCOC(=O)C1(C(C)=O)C/C1=C\c1ccccc1. The molecular formula is C15H16O3. The summed E-state index contributed by atoms with van der Waals surface area (Å²) in [6, 6.07) is 9.67. The molecule has 1 saturated carbocycles. The van der Waals surface area contributed by atoms with Gasteiger partial charge in [-0.25, -0.2) is 0 Å². The first-order valence-corrected chi connectivity index (χ1v) is 6.05. The number of ether oxygens (including phenoxy) is 1. The minimum Gasteiger partial charge on any atom is -0.465 e. The molecule has 3 heteroatoms. The van der Waals surface area contributed by atoms with Crippen LogP contribution in [0, 0.1) is 5.41 Å². The Labute approximate surface area is 106 Å². The van der Waals surface area contributed by atoms with Crippen LogP contribution in [0.25, 0.3) is 6.08 Å². The minimum atomic E-state index is -1.01. The Balaban J connectivity index is 2.26. The van der Waals surface area contributed by atoms with E-state index < -0.39 is 11.4 Å². The Kier molecular flexibility index (Phi) is 3.32. The summed E-state index contributed by atoms with van der Waals surface area (Å²) in [5.41, 5.74) is 0.839. The Morgan fingerprint density at radius 2 is 2.00 bits per heavy atom. The molecule has 0 heterocycles. The lowest BCUT2D eigenvalue weighted by atomic mass is 10.0. The highest BCUT2D eigenvalue weighted by Crippen LogP contribution is 2.54. The normalized spacial score (nSPS) is 23.8. The number of rotatable bonds is 4. The Morgan fingerprint density at radius 3 is 2.56 bits per heavy atom. The first-order valence-electron chi connectivity index (χ1n) is 6.05. The predicted octanol–water partition coefficient (Wildman–Crippen LogP) is 2.61. The van der Waals surface area contributed by atoms with Crippen molar-refractivity contribution in [2.75, 3.05) is 6.61 Å². The molecule has 0 aliphatic heterocycles. The number of ketones is 1. The first kappa shape index (κ1) is 12.6. The summed E-state index contributed by atoms with van der Waals surface area (Å²) in [5, 5.41) is 0. The molecule has 0 saturated heterocycles. The summed E-state index contributed by atoms with van der Waals surface area (Å²) in [4.78, 5) is 23.6. The molecule has 18 heavy (non-hydrogen) atoms. The second kappa shape index (κ2) is 4.77. The van der Waals surface area contributed by atoms with Crippen molar-refractivity contribution in [2.24, 2.45) is 5.41 Å². The molecule has 1 unspecified atom stereocenters. The van der Waals surface area contributed by atoms with Gasteiger partial charge in [-0.1, -0.05) is 36.4 Å². The second-order valence-corrected chi connectivity index (χ2v) is 4.44. The van der Waals surface area contributed by atoms with Crippen molar-refractivity contribution < 1.29 is 14.3 Å². The highest BCUT2D eigenvalue weighted by atomic mass is 16.5. The smallest absolute Gasteiger partial charge is 0.324 e. The fourth-order valence-corrected chi connectivity index (χ4v) is 2.12. The lowest BCUT2D eigenvalue weighted by Gasteiger charge is -2.09. The van der Waals surface area contributed by atoms with Crippen molar-refractivity contribution in [3.05, 3.63) is 41.5 Å². The van der Waals surface area contributed by atoms with Crippen LogP contribution in [0.1, 0.15) is 25.8 Å². The number of hydrogen-bond acceptors (Lipinski definition) is 3. The lowest BCUT2D eigenvalue weighted by Crippen LogP contribution is -2.26. The van der Waals surface area contributed by atoms with Gasteiger partial charge in [0.15, 0.2) is 11.2 Å². The van der Waals surface area contributed by atoms with E-state index >= 15 is 0 Å². The Hall–Kier alpha value is -1.90. The molecule has 2 rings (SSSR count). The van der Waals surface area contributed by atoms with Crippen LogP contribution in [0.3, 0.4) is 0 Å². The van der Waals surface area contributed by atoms with Crippen molar-refractivity contribution in [1.29, 1.82) is 0 Å². The van der Waals surface area contributed by atoms with Gasteiger partial charge in [-0.05, 0) is 31.4 Å². The molecule has 1 aliphatic carbocycles. The molecule has 1 aromatic carbocycles. The highest BCUT2D eigenvalue weighted by Gasteiger charge is 2.60. The molecule has 0 amide bonds. The zero-order valence-electron chi connectivity index (χ0n) is 10.6. The van der Waals surface area contributed by atoms with Crippen LogP contribution in [-0.2, 0) is 14.3 Å². The van der Waals surface area contributed by atoms with Gasteiger partial charge in [-0.2, -0.15) is 0 Å². The topological polar surface area (TPSA) is 43.4 Å². The van der Waals surface area contributed by atoms with E-state index in [0.29, 0.717) is 13.0 Å². The largest absolute Gasteiger partial charge is 0.465 e. The van der Waals surface area contributed by atoms with Crippen LogP contribution in [0.4, 0.5) is 0 Å². The Bertz CT molecular complexity index is 502. The maximum atomic E-state index is 11.9. The van der Waals surface area contributed by atoms with Gasteiger partial charge >= 0.3 is 5.97 Å². The molecule has 0 spiro atoms. The van der Waals surface area contributed by atoms with Crippen LogP contribution in [0.15, 0.2) is 35.9 Å². The molecule has 1 atom stereocenters. The van der Waals surface area contributed by atoms with E-state index in [4.69, 9.17) is 4.74 Å². The van der Waals surface area contributed by atoms with E-state index in [1.807, 2.05) is 36.4 Å². The van der Waals surface area contributed by atoms with Gasteiger partial charge in [0.05, 0.1) is 6.61 Å². The minimum absolute atomic E-state index is 0.136. The Morgan fingerprint density at radius 1 is 1.33 bits per heavy atom. The first-order chi connectivity index (χ1) is 8.61. The van der Waals surface area contributed by atoms with Crippen molar-refractivity contribution in [1.82, 2.24) is 0 Å². The van der Waals surface area contributed by atoms with Crippen LogP contribution in [0.5, 0.6) is 0 Å². The third kappa shape index (κ3) is 2.08. The summed E-state index contributed by atoms with van der Waals surface area (Å²) in [7, 11) is 0. The number of hydrogen-bond donors (Lipinski definition) is 0. The van der Waals surface area contributed by atoms with Gasteiger partial charge in [0.2, 0.25) is 0 Å². The molecule has 0 bridgehead atoms. The standard InChI is InChI=1S/C15H16O3/c1-3-18-14(17)15(11(2)16)10-13(15)9-12-7-5-4-6-8-12/h4-9H,3,10H2,1-2H3/b13-9+. The fraction of sp³-hybridized carbons (Fsp3) is 0.333. The van der Waals surface area contributed by atoms with Crippen molar-refractivity contribution >= 4 is 17.8 Å². The number of carbonyl (C=O) groups excluding carboxylic acids is 2. The van der Waals surface area contributed by atoms with Gasteiger partial charge < -0.3 is 4.74 Å². The van der Waals surface area contributed by atoms with E-state index in [2.05, 4.69) is 0 Å². The van der Waals surface area contributed by atoms with E-state index in [1.54, 1.807) is 6.92 Å². The third-order valence-electron chi connectivity index (χ3n) is 3.24. The fourth-order valence-electron chi connectivity index (χ4n) is 2.12.